The number of nitrogens with zero attached hydrogens (tertiary/aromatic N) is 2. The summed E-state index contributed by atoms with van der Waals surface area (Å²) in [5.41, 5.74) is 3.62. The SMILES string of the molecule is COCC(=O)Nc1ccc(N(C)C)c(CN(C(=O)CC(C)(C)C)[C@H](C)c2ccccc2)c1. The van der Waals surface area contributed by atoms with Gasteiger partial charge in [-0.25, -0.2) is 0 Å². The highest BCUT2D eigenvalue weighted by molar-refractivity contribution is 5.92. The van der Waals surface area contributed by atoms with Gasteiger partial charge in [0.25, 0.3) is 0 Å². The molecule has 0 fully saturated rings. The highest BCUT2D eigenvalue weighted by Gasteiger charge is 2.27. The first-order chi connectivity index (χ1) is 15.0. The van der Waals surface area contributed by atoms with E-state index in [1.165, 1.54) is 7.11 Å². The Hall–Kier alpha value is -2.86. The molecule has 0 heterocycles. The topological polar surface area (TPSA) is 61.9 Å². The Balaban J connectivity index is 2.43. The smallest absolute Gasteiger partial charge is 0.250 e. The number of rotatable bonds is 9. The number of hydrogen-bond donors (Lipinski definition) is 1. The van der Waals surface area contributed by atoms with Crippen LogP contribution in [0.25, 0.3) is 0 Å². The maximum Gasteiger partial charge on any atom is 0.250 e. The fourth-order valence-corrected chi connectivity index (χ4v) is 3.65. The van der Waals surface area contributed by atoms with E-state index in [0.29, 0.717) is 18.7 Å². The third-order valence-corrected chi connectivity index (χ3v) is 5.21. The first kappa shape index (κ1) is 25.4. The molecule has 6 heteroatoms. The lowest BCUT2D eigenvalue weighted by Crippen LogP contribution is -2.35. The lowest BCUT2D eigenvalue weighted by Gasteiger charge is -2.33. The van der Waals surface area contributed by atoms with Crippen LogP contribution in [-0.4, -0.2) is 44.5 Å². The van der Waals surface area contributed by atoms with Crippen LogP contribution >= 0.6 is 0 Å². The minimum absolute atomic E-state index is 0.00794. The van der Waals surface area contributed by atoms with Crippen molar-refractivity contribution in [2.75, 3.05) is 38.0 Å². The number of anilines is 2. The predicted molar refractivity (Wildman–Crippen MR) is 131 cm³/mol. The number of nitrogens with one attached hydrogen (secondary N) is 1. The Kier molecular flexibility index (Phi) is 8.84. The van der Waals surface area contributed by atoms with E-state index in [0.717, 1.165) is 16.8 Å². The number of amides is 2. The van der Waals surface area contributed by atoms with Crippen LogP contribution in [0.1, 0.15) is 51.3 Å². The molecule has 2 amide bonds. The van der Waals surface area contributed by atoms with E-state index in [2.05, 4.69) is 45.1 Å². The number of hydrogen-bond acceptors (Lipinski definition) is 4. The van der Waals surface area contributed by atoms with Crippen molar-refractivity contribution in [2.24, 2.45) is 5.41 Å². The van der Waals surface area contributed by atoms with Crippen molar-refractivity contribution in [3.05, 3.63) is 59.7 Å². The molecule has 2 rings (SSSR count). The highest BCUT2D eigenvalue weighted by Crippen LogP contribution is 2.31. The summed E-state index contributed by atoms with van der Waals surface area (Å²) in [6.07, 6.45) is 0.450. The Bertz CT molecular complexity index is 904. The lowest BCUT2D eigenvalue weighted by atomic mass is 9.91. The van der Waals surface area contributed by atoms with Crippen LogP contribution in [0.4, 0.5) is 11.4 Å². The summed E-state index contributed by atoms with van der Waals surface area (Å²) in [5.74, 6) is -0.109. The Morgan fingerprint density at radius 1 is 1.06 bits per heavy atom. The molecular weight excluding hydrogens is 402 g/mol. The van der Waals surface area contributed by atoms with Crippen LogP contribution in [0.2, 0.25) is 0 Å². The van der Waals surface area contributed by atoms with Gasteiger partial charge < -0.3 is 19.9 Å². The molecule has 2 aromatic carbocycles. The van der Waals surface area contributed by atoms with Crippen LogP contribution in [0.5, 0.6) is 0 Å². The van der Waals surface area contributed by atoms with Gasteiger partial charge in [-0.15, -0.1) is 0 Å². The maximum absolute atomic E-state index is 13.4. The molecule has 2 aromatic rings. The number of carbonyl (C=O) groups is 2. The second-order valence-electron chi connectivity index (χ2n) is 9.56. The van der Waals surface area contributed by atoms with Crippen LogP contribution in [0.15, 0.2) is 48.5 Å². The minimum atomic E-state index is -0.214. The minimum Gasteiger partial charge on any atom is -0.377 e. The van der Waals surface area contributed by atoms with Crippen LogP contribution in [0, 0.1) is 5.41 Å². The molecule has 0 saturated heterocycles. The van der Waals surface area contributed by atoms with Gasteiger partial charge in [-0.2, -0.15) is 0 Å². The van der Waals surface area contributed by atoms with Gasteiger partial charge in [0.05, 0.1) is 6.04 Å². The summed E-state index contributed by atoms with van der Waals surface area (Å²) >= 11 is 0. The van der Waals surface area contributed by atoms with E-state index in [9.17, 15) is 9.59 Å². The lowest BCUT2D eigenvalue weighted by molar-refractivity contribution is -0.136. The molecule has 0 unspecified atom stereocenters. The molecule has 0 spiro atoms. The third kappa shape index (κ3) is 7.38. The summed E-state index contributed by atoms with van der Waals surface area (Å²) in [5, 5.41) is 2.87. The van der Waals surface area contributed by atoms with Gasteiger partial charge in [-0.05, 0) is 41.7 Å². The molecule has 1 N–H and O–H groups in total. The fourth-order valence-electron chi connectivity index (χ4n) is 3.65. The first-order valence-corrected chi connectivity index (χ1v) is 11.0. The van der Waals surface area contributed by atoms with E-state index in [1.807, 2.05) is 60.3 Å². The van der Waals surface area contributed by atoms with Crippen molar-refractivity contribution >= 4 is 23.2 Å². The largest absolute Gasteiger partial charge is 0.377 e. The van der Waals surface area contributed by atoms with Crippen molar-refractivity contribution in [2.45, 2.75) is 46.7 Å². The van der Waals surface area contributed by atoms with Crippen LogP contribution in [-0.2, 0) is 20.9 Å². The van der Waals surface area contributed by atoms with Gasteiger partial charge in [-0.3, -0.25) is 9.59 Å². The molecule has 1 atom stereocenters. The monoisotopic (exact) mass is 439 g/mol. The molecule has 0 aliphatic rings. The van der Waals surface area contributed by atoms with Crippen LogP contribution < -0.4 is 10.2 Å². The number of carbonyl (C=O) groups excluding carboxylic acids is 2. The number of benzene rings is 2. The third-order valence-electron chi connectivity index (χ3n) is 5.21. The zero-order valence-electron chi connectivity index (χ0n) is 20.4. The molecule has 0 saturated carbocycles. The van der Waals surface area contributed by atoms with Crippen LogP contribution in [0.3, 0.4) is 0 Å². The van der Waals surface area contributed by atoms with Gasteiger partial charge in [0, 0.05) is 45.5 Å². The van der Waals surface area contributed by atoms with E-state index >= 15 is 0 Å². The standard InChI is InChI=1S/C26H37N3O3/c1-19(20-11-9-8-10-12-20)29(25(31)16-26(2,3)4)17-21-15-22(27-24(30)18-32-7)13-14-23(21)28(5)6/h8-15,19H,16-18H2,1-7H3,(H,27,30)/t19-/m1/s1. The molecule has 0 aliphatic heterocycles. The Morgan fingerprint density at radius 2 is 1.72 bits per heavy atom. The fraction of sp³-hybridized carbons (Fsp3) is 0.462. The first-order valence-electron chi connectivity index (χ1n) is 11.0. The van der Waals surface area contributed by atoms with E-state index in [1.54, 1.807) is 0 Å². The number of methoxy groups -OCH3 is 1. The Labute approximate surface area is 192 Å². The van der Waals surface area contributed by atoms with Crippen molar-refractivity contribution in [1.82, 2.24) is 4.90 Å². The van der Waals surface area contributed by atoms with E-state index in [-0.39, 0.29) is 29.9 Å². The van der Waals surface area contributed by atoms with Gasteiger partial charge in [-0.1, -0.05) is 51.1 Å². The Morgan fingerprint density at radius 3 is 2.28 bits per heavy atom. The molecule has 0 aliphatic carbocycles. The highest BCUT2D eigenvalue weighted by atomic mass is 16.5. The van der Waals surface area contributed by atoms with Crippen molar-refractivity contribution in [1.29, 1.82) is 0 Å². The van der Waals surface area contributed by atoms with Gasteiger partial charge >= 0.3 is 0 Å². The van der Waals surface area contributed by atoms with Gasteiger partial charge in [0.2, 0.25) is 11.8 Å². The average molecular weight is 440 g/mol. The molecule has 0 aromatic heterocycles. The normalized spacial score (nSPS) is 12.2. The van der Waals surface area contributed by atoms with Gasteiger partial charge in [0.15, 0.2) is 0 Å². The molecule has 6 nitrogen and oxygen atoms in total. The summed E-state index contributed by atoms with van der Waals surface area (Å²) in [4.78, 5) is 29.4. The maximum atomic E-state index is 13.4. The summed E-state index contributed by atoms with van der Waals surface area (Å²) in [7, 11) is 5.44. The molecule has 0 radical (unpaired) electrons. The van der Waals surface area contributed by atoms with E-state index in [4.69, 9.17) is 4.74 Å². The summed E-state index contributed by atoms with van der Waals surface area (Å²) < 4.78 is 4.92. The van der Waals surface area contributed by atoms with Crippen molar-refractivity contribution < 1.29 is 14.3 Å². The number of ether oxygens (including phenoxy) is 1. The van der Waals surface area contributed by atoms with Crippen molar-refractivity contribution in [3.8, 4) is 0 Å². The average Bonchev–Trinajstić information content (AvgIpc) is 2.71. The second-order valence-corrected chi connectivity index (χ2v) is 9.56. The quantitative estimate of drug-likeness (QED) is 0.606. The molecular formula is C26H37N3O3. The zero-order valence-corrected chi connectivity index (χ0v) is 20.4. The van der Waals surface area contributed by atoms with Gasteiger partial charge in [0.1, 0.15) is 6.61 Å². The predicted octanol–water partition coefficient (Wildman–Crippen LogP) is 4.86. The zero-order chi connectivity index (χ0) is 23.9. The van der Waals surface area contributed by atoms with E-state index < -0.39 is 0 Å². The molecule has 32 heavy (non-hydrogen) atoms. The second kappa shape index (κ2) is 11.1. The summed E-state index contributed by atoms with van der Waals surface area (Å²) in [6.45, 7) is 8.72. The van der Waals surface area contributed by atoms with Crippen molar-refractivity contribution in [3.63, 3.8) is 0 Å². The summed E-state index contributed by atoms with van der Waals surface area (Å²) in [6, 6.07) is 15.8. The molecule has 174 valence electrons. The molecule has 0 bridgehead atoms.